The molecule has 0 spiro atoms. The van der Waals surface area contributed by atoms with Gasteiger partial charge >= 0.3 is 6.09 Å². The van der Waals surface area contributed by atoms with Gasteiger partial charge < -0.3 is 37.0 Å². The molecule has 0 bridgehead atoms. The topological polar surface area (TPSA) is 99.2 Å². The molecule has 0 radical (unpaired) electrons. The molecule has 1 aliphatic carbocycles. The Hall–Kier alpha value is -5.62. The normalized spacial score (nSPS) is 16.7. The highest BCUT2D eigenvalue weighted by Gasteiger charge is 2.48. The van der Waals surface area contributed by atoms with Crippen molar-refractivity contribution in [2.75, 3.05) is 39.7 Å². The van der Waals surface area contributed by atoms with Gasteiger partial charge in [0.05, 0.1) is 58.9 Å². The van der Waals surface area contributed by atoms with Gasteiger partial charge in [-0.2, -0.15) is 0 Å². The number of nitrogens with zero attached hydrogens (tertiary/aromatic N) is 3. The second kappa shape index (κ2) is 19.4. The number of carbonyl (C=O) groups excluding carboxylic acids is 3. The van der Waals surface area contributed by atoms with Crippen LogP contribution in [0, 0.1) is 17.6 Å². The zero-order chi connectivity index (χ0) is 42.6. The van der Waals surface area contributed by atoms with Crippen LogP contribution in [0.3, 0.4) is 0 Å². The molecule has 9 nitrogen and oxygen atoms in total. The van der Waals surface area contributed by atoms with Crippen molar-refractivity contribution in [1.29, 1.82) is 0 Å². The van der Waals surface area contributed by atoms with E-state index >= 15 is 0 Å². The van der Waals surface area contributed by atoms with Gasteiger partial charge in [-0.25, -0.2) is 13.6 Å². The third-order valence-corrected chi connectivity index (χ3v) is 11.8. The van der Waals surface area contributed by atoms with E-state index < -0.39 is 41.8 Å². The summed E-state index contributed by atoms with van der Waals surface area (Å²) in [5, 5.41) is 14.0. The number of carbonyl (C=O) groups is 3. The summed E-state index contributed by atoms with van der Waals surface area (Å²) in [6.45, 7) is 1.11. The van der Waals surface area contributed by atoms with Gasteiger partial charge in [-0.15, -0.1) is 0 Å². The Balaban J connectivity index is 0.00000622. The van der Waals surface area contributed by atoms with Gasteiger partial charge in [-0.3, -0.25) is 14.5 Å². The average molecular weight is 851 g/mol. The summed E-state index contributed by atoms with van der Waals surface area (Å²) >= 11 is 0. The van der Waals surface area contributed by atoms with Crippen LogP contribution in [0.25, 0.3) is 11.1 Å². The molecule has 4 unspecified atom stereocenters. The smallest absolute Gasteiger partial charge is 0.410 e. The van der Waals surface area contributed by atoms with Gasteiger partial charge in [0.15, 0.2) is 0 Å². The quantitative estimate of drug-likeness (QED) is 0.0735. The lowest BCUT2D eigenvalue weighted by molar-refractivity contribution is -0.870. The highest BCUT2D eigenvalue weighted by atomic mass is 35.5. The van der Waals surface area contributed by atoms with Crippen molar-refractivity contribution < 1.29 is 49.9 Å². The summed E-state index contributed by atoms with van der Waals surface area (Å²) in [5.41, 5.74) is 6.73. The van der Waals surface area contributed by atoms with Crippen LogP contribution < -0.4 is 22.6 Å². The number of rotatable bonds is 16. The number of benzene rings is 5. The van der Waals surface area contributed by atoms with E-state index in [-0.39, 0.29) is 43.2 Å². The van der Waals surface area contributed by atoms with Crippen LogP contribution in [-0.2, 0) is 20.9 Å². The molecule has 7 rings (SSSR count). The highest BCUT2D eigenvalue weighted by Crippen LogP contribution is 2.48. The number of aliphatic hydroxyl groups excluding tert-OH is 1. The fourth-order valence-electron chi connectivity index (χ4n) is 8.70. The van der Waals surface area contributed by atoms with E-state index in [2.05, 4.69) is 26.5 Å². The van der Waals surface area contributed by atoms with Crippen LogP contribution in [0.15, 0.2) is 121 Å². The molecule has 2 aliphatic rings. The number of hydrogen-bond donors (Lipinski definition) is 2. The first-order chi connectivity index (χ1) is 28.8. The summed E-state index contributed by atoms with van der Waals surface area (Å²) in [4.78, 5) is 45.2. The van der Waals surface area contributed by atoms with E-state index in [0.717, 1.165) is 57.3 Å². The Morgan fingerprint density at radius 3 is 1.95 bits per heavy atom. The number of fused-ring (bicyclic) bond motifs is 3. The molecule has 0 aromatic heterocycles. The molecule has 5 aromatic rings. The van der Waals surface area contributed by atoms with Crippen molar-refractivity contribution in [3.05, 3.63) is 161 Å². The van der Waals surface area contributed by atoms with Crippen LogP contribution in [0.5, 0.6) is 0 Å². The monoisotopic (exact) mass is 850 g/mol. The zero-order valence-electron chi connectivity index (χ0n) is 34.9. The van der Waals surface area contributed by atoms with Gasteiger partial charge in [0.1, 0.15) is 17.7 Å². The Labute approximate surface area is 362 Å². The number of unbranched alkanes of at least 4 members (excludes halogenated alkanes) is 1. The SMILES string of the molecule is COC(=O)N(C(CCCC[N+](C)(C)C)C(=O)NCc1ccc(C2C(CCC(O)c3ccc(F)cc3)C(=O)N2c2ccc(F)cc2)cc1)C1c2ccccc2-c2ccccc21.[Cl-]. The van der Waals surface area contributed by atoms with E-state index in [4.69, 9.17) is 4.74 Å². The van der Waals surface area contributed by atoms with Gasteiger partial charge in [0, 0.05) is 12.2 Å². The van der Waals surface area contributed by atoms with E-state index in [1.165, 1.54) is 43.5 Å². The second-order valence-electron chi connectivity index (χ2n) is 16.8. The minimum absolute atomic E-state index is 0. The van der Waals surface area contributed by atoms with Crippen LogP contribution in [0.1, 0.15) is 78.1 Å². The summed E-state index contributed by atoms with van der Waals surface area (Å²) < 4.78 is 33.6. The molecule has 320 valence electrons. The highest BCUT2D eigenvalue weighted by molar-refractivity contribution is 6.03. The van der Waals surface area contributed by atoms with Crippen LogP contribution in [-0.4, -0.2) is 73.2 Å². The first-order valence-corrected chi connectivity index (χ1v) is 20.6. The van der Waals surface area contributed by atoms with Crippen molar-refractivity contribution in [3.8, 4) is 11.1 Å². The molecule has 12 heteroatoms. The van der Waals surface area contributed by atoms with Crippen molar-refractivity contribution in [2.24, 2.45) is 5.92 Å². The van der Waals surface area contributed by atoms with Crippen LogP contribution >= 0.6 is 0 Å². The largest absolute Gasteiger partial charge is 1.00 e. The van der Waals surface area contributed by atoms with E-state index in [0.29, 0.717) is 24.1 Å². The van der Waals surface area contributed by atoms with Gasteiger partial charge in [0.2, 0.25) is 11.8 Å². The summed E-state index contributed by atoms with van der Waals surface area (Å²) in [7, 11) is 7.74. The maximum atomic E-state index is 14.5. The second-order valence-corrected chi connectivity index (χ2v) is 16.8. The Morgan fingerprint density at radius 2 is 1.38 bits per heavy atom. The number of halogens is 3. The predicted octanol–water partition coefficient (Wildman–Crippen LogP) is 5.89. The van der Waals surface area contributed by atoms with Crippen molar-refractivity contribution in [1.82, 2.24) is 10.2 Å². The molecule has 1 heterocycles. The Morgan fingerprint density at radius 1 is 0.803 bits per heavy atom. The average Bonchev–Trinajstić information content (AvgIpc) is 3.57. The third-order valence-electron chi connectivity index (χ3n) is 11.8. The maximum absolute atomic E-state index is 14.5. The number of aliphatic hydroxyl groups is 1. The lowest BCUT2D eigenvalue weighted by Crippen LogP contribution is -3.00. The van der Waals surface area contributed by atoms with Crippen molar-refractivity contribution in [2.45, 2.75) is 62.9 Å². The Kier molecular flexibility index (Phi) is 14.3. The zero-order valence-corrected chi connectivity index (χ0v) is 35.7. The van der Waals surface area contributed by atoms with E-state index in [1.807, 2.05) is 72.8 Å². The third kappa shape index (κ3) is 9.96. The number of quaternary nitrogens is 1. The number of anilines is 1. The molecular formula is C49H53ClF2N4O5. The molecule has 5 aromatic carbocycles. The maximum Gasteiger partial charge on any atom is 0.410 e. The minimum atomic E-state index is -0.875. The van der Waals surface area contributed by atoms with E-state index in [9.17, 15) is 28.3 Å². The molecule has 2 N–H and O–H groups in total. The molecule has 0 saturated carbocycles. The molecular weight excluding hydrogens is 798 g/mol. The number of amides is 3. The van der Waals surface area contributed by atoms with Crippen molar-refractivity contribution >= 4 is 23.6 Å². The van der Waals surface area contributed by atoms with Gasteiger partial charge in [-0.1, -0.05) is 84.9 Å². The minimum Gasteiger partial charge on any atom is -1.00 e. The van der Waals surface area contributed by atoms with Crippen LogP contribution in [0.4, 0.5) is 19.3 Å². The number of hydrogen-bond acceptors (Lipinski definition) is 5. The summed E-state index contributed by atoms with van der Waals surface area (Å²) in [6.07, 6.45) is 1.23. The molecule has 1 aliphatic heterocycles. The lowest BCUT2D eigenvalue weighted by atomic mass is 9.78. The fourth-order valence-corrected chi connectivity index (χ4v) is 8.70. The number of methoxy groups -OCH3 is 1. The van der Waals surface area contributed by atoms with Crippen LogP contribution in [0.2, 0.25) is 0 Å². The van der Waals surface area contributed by atoms with Crippen molar-refractivity contribution in [3.63, 3.8) is 0 Å². The molecule has 1 saturated heterocycles. The Bertz CT molecular complexity index is 2260. The predicted molar refractivity (Wildman–Crippen MR) is 228 cm³/mol. The number of nitrogens with one attached hydrogen (secondary N) is 1. The number of ether oxygens (including phenoxy) is 1. The van der Waals surface area contributed by atoms with E-state index in [1.54, 1.807) is 21.9 Å². The molecule has 1 fully saturated rings. The van der Waals surface area contributed by atoms with Gasteiger partial charge in [-0.05, 0) is 107 Å². The fraction of sp³-hybridized carbons (Fsp3) is 0.327. The molecule has 3 amide bonds. The molecule has 4 atom stereocenters. The van der Waals surface area contributed by atoms with Gasteiger partial charge in [0.25, 0.3) is 0 Å². The first-order valence-electron chi connectivity index (χ1n) is 20.6. The standard InChI is InChI=1S/C49H52F2N4O5.ClH/c1-55(2,3)30-10-9-15-43(54(49(59)60-4)46-40-13-7-5-11-38(40)39-12-6-8-14-41(39)46)47(57)52-31-32-16-18-34(19-17-32)45-42(28-29-44(56)33-20-22-35(50)23-21-33)48(58)53(45)37-26-24-36(51)25-27-37;/h5-8,11-14,16-27,42-46,56H,9-10,15,28-31H2,1-4H3;1H. The summed E-state index contributed by atoms with van der Waals surface area (Å²) in [6, 6.07) is 33.4. The number of β-lactam (4-membered cyclic amide) rings is 1. The first kappa shape index (κ1) is 44.9. The molecule has 61 heavy (non-hydrogen) atoms. The summed E-state index contributed by atoms with van der Waals surface area (Å²) in [5.74, 6) is -1.68. The lowest BCUT2D eigenvalue weighted by Gasteiger charge is -2.48.